The topological polar surface area (TPSA) is 29.1 Å². The molecule has 2 aromatic rings. The number of carbonyl (C=O) groups excluding carboxylic acids is 1. The fourth-order valence-corrected chi connectivity index (χ4v) is 2.99. The van der Waals surface area contributed by atoms with E-state index in [1.165, 1.54) is 11.3 Å². The van der Waals surface area contributed by atoms with Gasteiger partial charge in [-0.25, -0.2) is 0 Å². The van der Waals surface area contributed by atoms with Crippen LogP contribution in [0.4, 0.5) is 0 Å². The molecular formula is C14H14BrNOS. The Balaban J connectivity index is 2.10. The normalized spacial score (nSPS) is 12.1. The lowest BCUT2D eigenvalue weighted by atomic mass is 10.1. The number of carbonyl (C=O) groups is 1. The lowest BCUT2D eigenvalue weighted by Gasteiger charge is -2.16. The van der Waals surface area contributed by atoms with Crippen molar-refractivity contribution in [3.05, 3.63) is 57.8 Å². The molecule has 0 aliphatic heterocycles. The van der Waals surface area contributed by atoms with Crippen molar-refractivity contribution in [2.45, 2.75) is 13.0 Å². The number of hydrogen-bond acceptors (Lipinski definition) is 2. The van der Waals surface area contributed by atoms with E-state index >= 15 is 0 Å². The van der Waals surface area contributed by atoms with Crippen LogP contribution in [0.3, 0.4) is 0 Å². The Morgan fingerprint density at radius 3 is 2.56 bits per heavy atom. The minimum absolute atomic E-state index is 0.00102. The maximum atomic E-state index is 12.1. The quantitative estimate of drug-likeness (QED) is 0.849. The zero-order valence-electron chi connectivity index (χ0n) is 10.0. The van der Waals surface area contributed by atoms with Crippen molar-refractivity contribution >= 4 is 33.2 Å². The van der Waals surface area contributed by atoms with Crippen LogP contribution in [-0.4, -0.2) is 11.2 Å². The largest absolute Gasteiger partial charge is 0.344 e. The second-order valence-electron chi connectivity index (χ2n) is 4.00. The molecule has 94 valence electrons. The van der Waals surface area contributed by atoms with Gasteiger partial charge in [0.1, 0.15) is 0 Å². The van der Waals surface area contributed by atoms with E-state index in [0.29, 0.717) is 5.33 Å². The molecular weight excluding hydrogens is 310 g/mol. The molecule has 4 heteroatoms. The van der Waals surface area contributed by atoms with Crippen LogP contribution < -0.4 is 5.32 Å². The van der Waals surface area contributed by atoms with Crippen LogP contribution in [0.1, 0.15) is 26.2 Å². The third-order valence-corrected chi connectivity index (χ3v) is 4.27. The third-order valence-electron chi connectivity index (χ3n) is 2.63. The zero-order valence-corrected chi connectivity index (χ0v) is 12.4. The first-order chi connectivity index (χ1) is 8.70. The molecule has 0 saturated carbocycles. The summed E-state index contributed by atoms with van der Waals surface area (Å²) in [7, 11) is 0. The second-order valence-corrected chi connectivity index (χ2v) is 5.94. The Labute approximate surface area is 119 Å². The Bertz CT molecular complexity index is 524. The number of alkyl halides is 1. The fraction of sp³-hybridized carbons (Fsp3) is 0.214. The average molecular weight is 324 g/mol. The number of thiophene rings is 1. The van der Waals surface area contributed by atoms with E-state index in [1.807, 2.05) is 49.4 Å². The van der Waals surface area contributed by atoms with Crippen LogP contribution >= 0.6 is 27.3 Å². The molecule has 18 heavy (non-hydrogen) atoms. The Hall–Kier alpha value is -1.13. The highest BCUT2D eigenvalue weighted by Crippen LogP contribution is 2.19. The van der Waals surface area contributed by atoms with Gasteiger partial charge in [0.2, 0.25) is 0 Å². The summed E-state index contributed by atoms with van der Waals surface area (Å²) in [4.78, 5) is 14.0. The molecule has 1 N–H and O–H groups in total. The van der Waals surface area contributed by atoms with Crippen LogP contribution in [0.15, 0.2) is 42.5 Å². The van der Waals surface area contributed by atoms with Crippen molar-refractivity contribution in [3.8, 4) is 0 Å². The summed E-state index contributed by atoms with van der Waals surface area (Å²) in [5.41, 5.74) is 1.11. The molecule has 2 nitrogen and oxygen atoms in total. The van der Waals surface area contributed by atoms with Gasteiger partial charge in [-0.3, -0.25) is 4.79 Å². The van der Waals surface area contributed by atoms with Crippen molar-refractivity contribution in [2.75, 3.05) is 5.33 Å². The van der Waals surface area contributed by atoms with Gasteiger partial charge in [-0.05, 0) is 24.6 Å². The van der Waals surface area contributed by atoms with Crippen LogP contribution in [0.5, 0.6) is 0 Å². The van der Waals surface area contributed by atoms with Gasteiger partial charge in [0, 0.05) is 10.2 Å². The molecule has 0 aliphatic carbocycles. The van der Waals surface area contributed by atoms with E-state index in [4.69, 9.17) is 0 Å². The average Bonchev–Trinajstić information content (AvgIpc) is 2.83. The number of amides is 1. The lowest BCUT2D eigenvalue weighted by molar-refractivity contribution is 0.0945. The number of halogens is 1. The first-order valence-corrected chi connectivity index (χ1v) is 7.62. The van der Waals surface area contributed by atoms with Gasteiger partial charge < -0.3 is 5.32 Å². The minimum Gasteiger partial charge on any atom is -0.344 e. The fourth-order valence-electron chi connectivity index (χ4n) is 1.68. The summed E-state index contributed by atoms with van der Waals surface area (Å²) in [5, 5.41) is 3.74. The summed E-state index contributed by atoms with van der Waals surface area (Å²) in [5.74, 6) is -0.0126. The monoisotopic (exact) mass is 323 g/mol. The Morgan fingerprint density at radius 2 is 2.00 bits per heavy atom. The maximum Gasteiger partial charge on any atom is 0.261 e. The van der Waals surface area contributed by atoms with E-state index in [2.05, 4.69) is 21.2 Å². The van der Waals surface area contributed by atoms with Crippen LogP contribution in [0, 0.1) is 6.92 Å². The molecule has 0 fully saturated rings. The van der Waals surface area contributed by atoms with Gasteiger partial charge in [-0.1, -0.05) is 46.3 Å². The molecule has 0 radical (unpaired) electrons. The zero-order chi connectivity index (χ0) is 13.0. The molecule has 0 bridgehead atoms. The second kappa shape index (κ2) is 6.16. The summed E-state index contributed by atoms with van der Waals surface area (Å²) >= 11 is 4.96. The van der Waals surface area contributed by atoms with Crippen molar-refractivity contribution < 1.29 is 4.79 Å². The number of aryl methyl sites for hydroxylation is 1. The molecule has 1 atom stereocenters. The molecule has 1 amide bonds. The number of benzene rings is 1. The summed E-state index contributed by atoms with van der Waals surface area (Å²) < 4.78 is 0. The SMILES string of the molecule is Cc1ccc(C(=O)NC(CBr)c2ccccc2)s1. The number of rotatable bonds is 4. The molecule has 0 aliphatic rings. The van der Waals surface area contributed by atoms with E-state index < -0.39 is 0 Å². The molecule has 1 heterocycles. The molecule has 1 aromatic heterocycles. The van der Waals surface area contributed by atoms with Crippen molar-refractivity contribution in [1.82, 2.24) is 5.32 Å². The van der Waals surface area contributed by atoms with Crippen molar-refractivity contribution in [1.29, 1.82) is 0 Å². The Kier molecular flexibility index (Phi) is 4.55. The summed E-state index contributed by atoms with van der Waals surface area (Å²) in [6, 6.07) is 13.8. The minimum atomic E-state index is -0.0126. The van der Waals surface area contributed by atoms with Crippen LogP contribution in [0.2, 0.25) is 0 Å². The van der Waals surface area contributed by atoms with Crippen molar-refractivity contribution in [3.63, 3.8) is 0 Å². The highest BCUT2D eigenvalue weighted by atomic mass is 79.9. The summed E-state index contributed by atoms with van der Waals surface area (Å²) in [6.07, 6.45) is 0. The molecule has 0 saturated heterocycles. The van der Waals surface area contributed by atoms with Gasteiger partial charge in [0.25, 0.3) is 5.91 Å². The van der Waals surface area contributed by atoms with Crippen LogP contribution in [0.25, 0.3) is 0 Å². The molecule has 1 aromatic carbocycles. The maximum absolute atomic E-state index is 12.1. The van der Waals surface area contributed by atoms with E-state index in [-0.39, 0.29) is 11.9 Å². The molecule has 1 unspecified atom stereocenters. The highest BCUT2D eigenvalue weighted by molar-refractivity contribution is 9.09. The molecule has 2 rings (SSSR count). The first-order valence-electron chi connectivity index (χ1n) is 5.69. The van der Waals surface area contributed by atoms with E-state index in [1.54, 1.807) is 0 Å². The van der Waals surface area contributed by atoms with Crippen molar-refractivity contribution in [2.24, 2.45) is 0 Å². The molecule has 0 spiro atoms. The highest BCUT2D eigenvalue weighted by Gasteiger charge is 2.15. The van der Waals surface area contributed by atoms with Gasteiger partial charge in [-0.2, -0.15) is 0 Å². The standard InChI is InChI=1S/C14H14BrNOS/c1-10-7-8-13(18-10)14(17)16-12(9-15)11-5-3-2-4-6-11/h2-8,12H,9H2,1H3,(H,16,17). The van der Waals surface area contributed by atoms with Gasteiger partial charge in [0.05, 0.1) is 10.9 Å². The van der Waals surface area contributed by atoms with Crippen LogP contribution in [-0.2, 0) is 0 Å². The number of hydrogen-bond donors (Lipinski definition) is 1. The third kappa shape index (κ3) is 3.21. The van der Waals surface area contributed by atoms with Gasteiger partial charge in [-0.15, -0.1) is 11.3 Å². The van der Waals surface area contributed by atoms with E-state index in [9.17, 15) is 4.79 Å². The Morgan fingerprint density at radius 1 is 1.28 bits per heavy atom. The summed E-state index contributed by atoms with van der Waals surface area (Å²) in [6.45, 7) is 2.00. The predicted octanol–water partition coefficient (Wildman–Crippen LogP) is 3.92. The van der Waals surface area contributed by atoms with E-state index in [0.717, 1.165) is 15.3 Å². The predicted molar refractivity (Wildman–Crippen MR) is 79.5 cm³/mol. The van der Waals surface area contributed by atoms with Gasteiger partial charge >= 0.3 is 0 Å². The van der Waals surface area contributed by atoms with Gasteiger partial charge in [0.15, 0.2) is 0 Å². The smallest absolute Gasteiger partial charge is 0.261 e. The number of nitrogens with one attached hydrogen (secondary N) is 1. The first kappa shape index (κ1) is 13.3. The lowest BCUT2D eigenvalue weighted by Crippen LogP contribution is -2.28.